The van der Waals surface area contributed by atoms with E-state index in [4.69, 9.17) is 4.74 Å². The summed E-state index contributed by atoms with van der Waals surface area (Å²) < 4.78 is 7.52. The molecule has 0 aliphatic carbocycles. The van der Waals surface area contributed by atoms with E-state index in [9.17, 15) is 4.79 Å². The van der Waals surface area contributed by atoms with Gasteiger partial charge in [0.2, 0.25) is 0 Å². The molecule has 6 nitrogen and oxygen atoms in total. The minimum Gasteiger partial charge on any atom is -0.366 e. The van der Waals surface area contributed by atoms with Gasteiger partial charge in [0.25, 0.3) is 5.91 Å². The fourth-order valence-electron chi connectivity index (χ4n) is 3.12. The third-order valence-electron chi connectivity index (χ3n) is 4.46. The van der Waals surface area contributed by atoms with Crippen LogP contribution in [-0.2, 0) is 16.1 Å². The van der Waals surface area contributed by atoms with E-state index in [1.807, 2.05) is 15.8 Å². The Morgan fingerprint density at radius 1 is 1.39 bits per heavy atom. The summed E-state index contributed by atoms with van der Waals surface area (Å²) in [4.78, 5) is 14.3. The number of morpholine rings is 1. The molecule has 1 aromatic heterocycles. The third-order valence-corrected chi connectivity index (χ3v) is 4.46. The summed E-state index contributed by atoms with van der Waals surface area (Å²) in [5.41, 5.74) is 1.31. The van der Waals surface area contributed by atoms with Gasteiger partial charge in [-0.2, -0.15) is 5.10 Å². The highest BCUT2D eigenvalue weighted by Crippen LogP contribution is 2.28. The molecule has 132 valence electrons. The first-order valence-corrected chi connectivity index (χ1v) is 7.91. The lowest BCUT2D eigenvalue weighted by Gasteiger charge is -2.35. The monoisotopic (exact) mass is 364 g/mol. The molecule has 1 N–H and O–H groups in total. The SMILES string of the molecule is CCn1cc(C2CCN(C(=O)C3CNCCO3)CC2)cn1.Cl.Cl. The standard InChI is InChI=1S/C15H24N4O2.2ClH/c1-2-19-11-13(9-17-19)12-3-6-18(7-4-12)15(20)14-10-16-5-8-21-14;;/h9,11-12,14,16H,2-8,10H2,1H3;2*1H. The van der Waals surface area contributed by atoms with Gasteiger partial charge in [-0.25, -0.2) is 0 Å². The Morgan fingerprint density at radius 2 is 2.13 bits per heavy atom. The van der Waals surface area contributed by atoms with Crippen molar-refractivity contribution in [2.24, 2.45) is 0 Å². The van der Waals surface area contributed by atoms with Crippen molar-refractivity contribution >= 4 is 30.7 Å². The van der Waals surface area contributed by atoms with Gasteiger partial charge in [-0.3, -0.25) is 9.48 Å². The number of ether oxygens (including phenoxy) is 1. The van der Waals surface area contributed by atoms with Crippen LogP contribution >= 0.6 is 24.8 Å². The third kappa shape index (κ3) is 4.83. The van der Waals surface area contributed by atoms with Crippen LogP contribution in [0.25, 0.3) is 0 Å². The van der Waals surface area contributed by atoms with Gasteiger partial charge in [0, 0.05) is 38.9 Å². The molecule has 0 bridgehead atoms. The van der Waals surface area contributed by atoms with Crippen LogP contribution in [0.15, 0.2) is 12.4 Å². The number of aryl methyl sites for hydroxylation is 1. The lowest BCUT2D eigenvalue weighted by molar-refractivity contribution is -0.146. The number of piperidine rings is 1. The van der Waals surface area contributed by atoms with Gasteiger partial charge in [0.1, 0.15) is 6.10 Å². The number of aromatic nitrogens is 2. The Labute approximate surface area is 149 Å². The number of rotatable bonds is 3. The lowest BCUT2D eigenvalue weighted by atomic mass is 9.91. The molecule has 0 radical (unpaired) electrons. The first kappa shape index (κ1) is 20.2. The van der Waals surface area contributed by atoms with E-state index >= 15 is 0 Å². The van der Waals surface area contributed by atoms with Gasteiger partial charge in [-0.15, -0.1) is 24.8 Å². The maximum absolute atomic E-state index is 12.4. The zero-order valence-corrected chi connectivity index (χ0v) is 15.1. The second kappa shape index (κ2) is 9.47. The van der Waals surface area contributed by atoms with Gasteiger partial charge < -0.3 is 15.0 Å². The molecule has 0 saturated carbocycles. The maximum Gasteiger partial charge on any atom is 0.253 e. The van der Waals surface area contributed by atoms with Crippen LogP contribution in [0.5, 0.6) is 0 Å². The van der Waals surface area contributed by atoms with Crippen LogP contribution in [0.1, 0.15) is 31.2 Å². The fourth-order valence-corrected chi connectivity index (χ4v) is 3.12. The first-order valence-electron chi connectivity index (χ1n) is 7.91. The molecule has 2 aliphatic rings. The molecule has 8 heteroatoms. The van der Waals surface area contributed by atoms with Crippen LogP contribution in [-0.4, -0.2) is 59.5 Å². The number of carbonyl (C=O) groups is 1. The van der Waals surface area contributed by atoms with Gasteiger partial charge in [-0.1, -0.05) is 0 Å². The number of halogens is 2. The Hall–Kier alpha value is -0.820. The van der Waals surface area contributed by atoms with Gasteiger partial charge in [-0.05, 0) is 31.2 Å². The predicted molar refractivity (Wildman–Crippen MR) is 93.6 cm³/mol. The number of likely N-dealkylation sites (tertiary alicyclic amines) is 1. The highest BCUT2D eigenvalue weighted by molar-refractivity contribution is 5.85. The molecule has 1 unspecified atom stereocenters. The molecule has 0 spiro atoms. The Kier molecular flexibility index (Phi) is 8.33. The maximum atomic E-state index is 12.4. The van der Waals surface area contributed by atoms with Crippen LogP contribution in [0.2, 0.25) is 0 Å². The Morgan fingerprint density at radius 3 is 2.70 bits per heavy atom. The molecule has 1 atom stereocenters. The van der Waals surface area contributed by atoms with E-state index in [1.54, 1.807) is 0 Å². The average molecular weight is 365 g/mol. The molecule has 1 aromatic rings. The minimum atomic E-state index is -0.293. The molecule has 2 saturated heterocycles. The zero-order chi connectivity index (χ0) is 14.7. The van der Waals surface area contributed by atoms with Crippen molar-refractivity contribution in [3.8, 4) is 0 Å². The number of amides is 1. The largest absolute Gasteiger partial charge is 0.366 e. The summed E-state index contributed by atoms with van der Waals surface area (Å²) in [6.45, 7) is 6.75. The predicted octanol–water partition coefficient (Wildman–Crippen LogP) is 1.44. The molecule has 0 aromatic carbocycles. The Balaban J connectivity index is 0.00000132. The minimum absolute atomic E-state index is 0. The van der Waals surface area contributed by atoms with E-state index in [-0.39, 0.29) is 36.8 Å². The summed E-state index contributed by atoms with van der Waals surface area (Å²) in [5, 5.41) is 7.56. The molecule has 2 aliphatic heterocycles. The van der Waals surface area contributed by atoms with Crippen molar-refractivity contribution in [1.29, 1.82) is 0 Å². The number of nitrogens with zero attached hydrogens (tertiary/aromatic N) is 3. The van der Waals surface area contributed by atoms with Crippen molar-refractivity contribution < 1.29 is 9.53 Å². The fraction of sp³-hybridized carbons (Fsp3) is 0.733. The van der Waals surface area contributed by atoms with Crippen molar-refractivity contribution in [2.75, 3.05) is 32.8 Å². The van der Waals surface area contributed by atoms with E-state index < -0.39 is 0 Å². The molecule has 2 fully saturated rings. The van der Waals surface area contributed by atoms with Crippen LogP contribution in [0, 0.1) is 0 Å². The quantitative estimate of drug-likeness (QED) is 0.881. The summed E-state index contributed by atoms with van der Waals surface area (Å²) in [6, 6.07) is 0. The first-order chi connectivity index (χ1) is 10.3. The molecule has 23 heavy (non-hydrogen) atoms. The molecule has 3 heterocycles. The number of hydrogen-bond donors (Lipinski definition) is 1. The number of nitrogens with one attached hydrogen (secondary N) is 1. The van der Waals surface area contributed by atoms with Gasteiger partial charge in [0.15, 0.2) is 0 Å². The molecule has 1 amide bonds. The van der Waals surface area contributed by atoms with E-state index in [1.165, 1.54) is 5.56 Å². The lowest BCUT2D eigenvalue weighted by Crippen LogP contribution is -2.51. The summed E-state index contributed by atoms with van der Waals surface area (Å²) >= 11 is 0. The second-order valence-electron chi connectivity index (χ2n) is 5.79. The van der Waals surface area contributed by atoms with Crippen molar-refractivity contribution in [2.45, 2.75) is 38.3 Å². The normalized spacial score (nSPS) is 22.1. The smallest absolute Gasteiger partial charge is 0.253 e. The van der Waals surface area contributed by atoms with Crippen molar-refractivity contribution in [1.82, 2.24) is 20.0 Å². The zero-order valence-electron chi connectivity index (χ0n) is 13.4. The highest BCUT2D eigenvalue weighted by atomic mass is 35.5. The Bertz CT molecular complexity index is 484. The molecule has 3 rings (SSSR count). The summed E-state index contributed by atoms with van der Waals surface area (Å²) in [7, 11) is 0. The van der Waals surface area contributed by atoms with Gasteiger partial charge in [0.05, 0.1) is 12.8 Å². The number of hydrogen-bond acceptors (Lipinski definition) is 4. The van der Waals surface area contributed by atoms with E-state index in [0.717, 1.165) is 39.0 Å². The topological polar surface area (TPSA) is 59.4 Å². The highest BCUT2D eigenvalue weighted by Gasteiger charge is 2.30. The van der Waals surface area contributed by atoms with Crippen LogP contribution in [0.4, 0.5) is 0 Å². The summed E-state index contributed by atoms with van der Waals surface area (Å²) in [6.07, 6.45) is 5.84. The van der Waals surface area contributed by atoms with E-state index in [0.29, 0.717) is 19.1 Å². The van der Waals surface area contributed by atoms with Crippen LogP contribution in [0.3, 0.4) is 0 Å². The molecular formula is C15H26Cl2N4O2. The van der Waals surface area contributed by atoms with E-state index in [2.05, 4.69) is 23.5 Å². The van der Waals surface area contributed by atoms with Gasteiger partial charge >= 0.3 is 0 Å². The average Bonchev–Trinajstić information content (AvgIpc) is 3.04. The molecular weight excluding hydrogens is 339 g/mol. The number of carbonyl (C=O) groups excluding carboxylic acids is 1. The van der Waals surface area contributed by atoms with Crippen molar-refractivity contribution in [3.05, 3.63) is 18.0 Å². The summed E-state index contributed by atoms with van der Waals surface area (Å²) in [5.74, 6) is 0.671. The van der Waals surface area contributed by atoms with Crippen LogP contribution < -0.4 is 5.32 Å². The second-order valence-corrected chi connectivity index (χ2v) is 5.79. The van der Waals surface area contributed by atoms with Crippen molar-refractivity contribution in [3.63, 3.8) is 0 Å².